The first-order chi connectivity index (χ1) is 12.4. The molecule has 0 radical (unpaired) electrons. The molecule has 0 unspecified atom stereocenters. The average Bonchev–Trinajstić information content (AvgIpc) is 2.58. The van der Waals surface area contributed by atoms with E-state index in [2.05, 4.69) is 19.2 Å². The fraction of sp³-hybridized carbons (Fsp3) is 0.682. The number of ether oxygens (including phenoxy) is 2. The quantitative estimate of drug-likeness (QED) is 0.478. The van der Waals surface area contributed by atoms with E-state index >= 15 is 0 Å². The van der Waals surface area contributed by atoms with E-state index in [-0.39, 0.29) is 5.91 Å². The summed E-state index contributed by atoms with van der Waals surface area (Å²) in [6.45, 7) is 13.4. The lowest BCUT2D eigenvalue weighted by atomic mass is 9.96. The van der Waals surface area contributed by atoms with Crippen LogP contribution < -0.4 is 10.1 Å². The van der Waals surface area contributed by atoms with Crippen LogP contribution in [0.2, 0.25) is 0 Å². The SMILES string of the molecule is CCCCC[C@@](C)(OCC)C(=O)Nc1cc(C)c(OCCCC)c(C)c1. The Balaban J connectivity index is 2.86. The molecule has 1 amide bonds. The minimum absolute atomic E-state index is 0.0751. The molecule has 0 aliphatic rings. The van der Waals surface area contributed by atoms with Crippen LogP contribution in [0.15, 0.2) is 12.1 Å². The smallest absolute Gasteiger partial charge is 0.256 e. The monoisotopic (exact) mass is 363 g/mol. The van der Waals surface area contributed by atoms with Gasteiger partial charge in [0, 0.05) is 12.3 Å². The zero-order valence-electron chi connectivity index (χ0n) is 17.5. The topological polar surface area (TPSA) is 47.6 Å². The Labute approximate surface area is 159 Å². The average molecular weight is 364 g/mol. The molecule has 0 fully saturated rings. The van der Waals surface area contributed by atoms with Gasteiger partial charge in [0.2, 0.25) is 0 Å². The van der Waals surface area contributed by atoms with Gasteiger partial charge < -0.3 is 14.8 Å². The highest BCUT2D eigenvalue weighted by molar-refractivity contribution is 5.97. The normalized spacial score (nSPS) is 13.3. The minimum atomic E-state index is -0.790. The number of nitrogens with one attached hydrogen (secondary N) is 1. The standard InChI is InChI=1S/C22H37NO3/c1-7-10-12-13-22(6,26-9-3)21(24)23-19-15-17(4)20(18(5)16-19)25-14-11-8-2/h15-16H,7-14H2,1-6H3,(H,23,24)/t22-/m1/s1. The van der Waals surface area contributed by atoms with Crippen molar-refractivity contribution < 1.29 is 14.3 Å². The molecule has 0 spiro atoms. The number of anilines is 1. The van der Waals surface area contributed by atoms with Crippen LogP contribution in [0.5, 0.6) is 5.75 Å². The van der Waals surface area contributed by atoms with E-state index < -0.39 is 5.60 Å². The van der Waals surface area contributed by atoms with Crippen molar-refractivity contribution in [3.63, 3.8) is 0 Å². The third kappa shape index (κ3) is 6.64. The molecule has 0 saturated carbocycles. The molecule has 0 bridgehead atoms. The lowest BCUT2D eigenvalue weighted by molar-refractivity contribution is -0.139. The van der Waals surface area contributed by atoms with Crippen molar-refractivity contribution in [1.29, 1.82) is 0 Å². The highest BCUT2D eigenvalue weighted by atomic mass is 16.5. The first-order valence-corrected chi connectivity index (χ1v) is 10.1. The number of carbonyl (C=O) groups excluding carboxylic acids is 1. The third-order valence-corrected chi connectivity index (χ3v) is 4.66. The van der Waals surface area contributed by atoms with Crippen LogP contribution >= 0.6 is 0 Å². The summed E-state index contributed by atoms with van der Waals surface area (Å²) in [5.41, 5.74) is 2.09. The number of benzene rings is 1. The Morgan fingerprint density at radius 3 is 2.19 bits per heavy atom. The van der Waals surface area contributed by atoms with Crippen LogP contribution in [0.25, 0.3) is 0 Å². The highest BCUT2D eigenvalue weighted by Crippen LogP contribution is 2.29. The van der Waals surface area contributed by atoms with Crippen LogP contribution in [0.4, 0.5) is 5.69 Å². The van der Waals surface area contributed by atoms with Gasteiger partial charge in [-0.1, -0.05) is 39.5 Å². The molecule has 1 aromatic rings. The van der Waals surface area contributed by atoms with Gasteiger partial charge in [-0.15, -0.1) is 0 Å². The molecule has 0 aliphatic carbocycles. The maximum atomic E-state index is 12.9. The summed E-state index contributed by atoms with van der Waals surface area (Å²) in [6, 6.07) is 3.95. The zero-order valence-corrected chi connectivity index (χ0v) is 17.5. The van der Waals surface area contributed by atoms with E-state index in [0.717, 1.165) is 67.7 Å². The molecule has 1 atom stereocenters. The number of hydrogen-bond acceptors (Lipinski definition) is 3. The Morgan fingerprint density at radius 2 is 1.65 bits per heavy atom. The van der Waals surface area contributed by atoms with Gasteiger partial charge in [-0.2, -0.15) is 0 Å². The van der Waals surface area contributed by atoms with Crippen molar-refractivity contribution in [2.24, 2.45) is 0 Å². The number of amides is 1. The molecule has 0 aliphatic heterocycles. The second-order valence-electron chi connectivity index (χ2n) is 7.22. The zero-order chi connectivity index (χ0) is 19.6. The number of unbranched alkanes of at least 4 members (excludes halogenated alkanes) is 3. The van der Waals surface area contributed by atoms with Gasteiger partial charge in [-0.25, -0.2) is 0 Å². The molecular weight excluding hydrogens is 326 g/mol. The predicted octanol–water partition coefficient (Wildman–Crippen LogP) is 5.80. The van der Waals surface area contributed by atoms with Crippen LogP contribution in [-0.2, 0) is 9.53 Å². The summed E-state index contributed by atoms with van der Waals surface area (Å²) in [4.78, 5) is 12.9. The van der Waals surface area contributed by atoms with Gasteiger partial charge in [0.15, 0.2) is 0 Å². The number of carbonyl (C=O) groups is 1. The van der Waals surface area contributed by atoms with Crippen molar-refractivity contribution >= 4 is 11.6 Å². The van der Waals surface area contributed by atoms with Gasteiger partial charge in [0.05, 0.1) is 6.61 Å². The number of rotatable bonds is 12. The number of hydrogen-bond donors (Lipinski definition) is 1. The second kappa shape index (κ2) is 11.2. The molecule has 1 aromatic carbocycles. The van der Waals surface area contributed by atoms with Gasteiger partial charge >= 0.3 is 0 Å². The molecule has 0 aromatic heterocycles. The fourth-order valence-electron chi connectivity index (χ4n) is 3.11. The summed E-state index contributed by atoms with van der Waals surface area (Å²) >= 11 is 0. The molecule has 1 rings (SSSR count). The van der Waals surface area contributed by atoms with Crippen molar-refractivity contribution in [3.8, 4) is 5.75 Å². The lowest BCUT2D eigenvalue weighted by Crippen LogP contribution is -2.42. The summed E-state index contributed by atoms with van der Waals surface area (Å²) in [6.07, 6.45) is 6.11. The van der Waals surface area contributed by atoms with Crippen molar-refractivity contribution in [2.75, 3.05) is 18.5 Å². The van der Waals surface area contributed by atoms with E-state index in [0.29, 0.717) is 6.61 Å². The van der Waals surface area contributed by atoms with Gasteiger partial charge in [-0.05, 0) is 63.8 Å². The first-order valence-electron chi connectivity index (χ1n) is 10.1. The third-order valence-electron chi connectivity index (χ3n) is 4.66. The molecule has 148 valence electrons. The maximum absolute atomic E-state index is 12.9. The molecule has 0 saturated heterocycles. The molecule has 1 N–H and O–H groups in total. The maximum Gasteiger partial charge on any atom is 0.256 e. The van der Waals surface area contributed by atoms with E-state index in [1.54, 1.807) is 0 Å². The molecule has 0 heterocycles. The molecule has 4 nitrogen and oxygen atoms in total. The van der Waals surface area contributed by atoms with E-state index in [9.17, 15) is 4.79 Å². The summed E-state index contributed by atoms with van der Waals surface area (Å²) in [5.74, 6) is 0.848. The first kappa shape index (κ1) is 22.5. The van der Waals surface area contributed by atoms with Crippen LogP contribution in [0.1, 0.15) is 77.3 Å². The summed E-state index contributed by atoms with van der Waals surface area (Å²) < 4.78 is 11.7. The Morgan fingerprint density at radius 1 is 1.04 bits per heavy atom. The van der Waals surface area contributed by atoms with E-state index in [1.807, 2.05) is 39.8 Å². The second-order valence-corrected chi connectivity index (χ2v) is 7.22. The highest BCUT2D eigenvalue weighted by Gasteiger charge is 2.33. The fourth-order valence-corrected chi connectivity index (χ4v) is 3.11. The predicted molar refractivity (Wildman–Crippen MR) is 109 cm³/mol. The van der Waals surface area contributed by atoms with Crippen LogP contribution in [0.3, 0.4) is 0 Å². The van der Waals surface area contributed by atoms with E-state index in [1.165, 1.54) is 0 Å². The van der Waals surface area contributed by atoms with Crippen LogP contribution in [-0.4, -0.2) is 24.7 Å². The molecular formula is C22H37NO3. The minimum Gasteiger partial charge on any atom is -0.493 e. The molecule has 4 heteroatoms. The molecule has 26 heavy (non-hydrogen) atoms. The summed E-state index contributed by atoms with van der Waals surface area (Å²) in [7, 11) is 0. The van der Waals surface area contributed by atoms with Crippen LogP contribution in [0, 0.1) is 13.8 Å². The van der Waals surface area contributed by atoms with Crippen molar-refractivity contribution in [1.82, 2.24) is 0 Å². The number of aryl methyl sites for hydroxylation is 2. The van der Waals surface area contributed by atoms with Crippen molar-refractivity contribution in [3.05, 3.63) is 23.3 Å². The van der Waals surface area contributed by atoms with Gasteiger partial charge in [-0.3, -0.25) is 4.79 Å². The Hall–Kier alpha value is -1.55. The lowest BCUT2D eigenvalue weighted by Gasteiger charge is -2.28. The van der Waals surface area contributed by atoms with Gasteiger partial charge in [0.1, 0.15) is 11.4 Å². The van der Waals surface area contributed by atoms with Gasteiger partial charge in [0.25, 0.3) is 5.91 Å². The Bertz CT molecular complexity index is 548. The van der Waals surface area contributed by atoms with Crippen molar-refractivity contribution in [2.45, 2.75) is 85.7 Å². The summed E-state index contributed by atoms with van der Waals surface area (Å²) in [5, 5.41) is 3.05. The Kier molecular flexibility index (Phi) is 9.71. The largest absolute Gasteiger partial charge is 0.493 e. The van der Waals surface area contributed by atoms with E-state index in [4.69, 9.17) is 9.47 Å².